The summed E-state index contributed by atoms with van der Waals surface area (Å²) < 4.78 is 5.53. The smallest absolute Gasteiger partial charge is 0.224 e. The van der Waals surface area contributed by atoms with Crippen LogP contribution in [0.2, 0.25) is 0 Å². The van der Waals surface area contributed by atoms with Crippen LogP contribution in [0.5, 0.6) is 5.75 Å². The van der Waals surface area contributed by atoms with Crippen LogP contribution < -0.4 is 15.8 Å². The van der Waals surface area contributed by atoms with Gasteiger partial charge in [-0.3, -0.25) is 4.79 Å². The number of benzene rings is 1. The molecule has 0 radical (unpaired) electrons. The topological polar surface area (TPSA) is 64.3 Å². The molecule has 0 spiro atoms. The Morgan fingerprint density at radius 1 is 1.47 bits per heavy atom. The molecule has 0 heterocycles. The lowest BCUT2D eigenvalue weighted by atomic mass is 10.1. The number of carbonyl (C=O) groups is 1. The molecule has 1 amide bonds. The van der Waals surface area contributed by atoms with Crippen LogP contribution in [0.1, 0.15) is 38.7 Å². The average Bonchev–Trinajstić information content (AvgIpc) is 2.32. The van der Waals surface area contributed by atoms with Crippen molar-refractivity contribution < 1.29 is 9.53 Å². The third-order valence-corrected chi connectivity index (χ3v) is 2.77. The number of carbonyl (C=O) groups excluding carboxylic acids is 1. The van der Waals surface area contributed by atoms with Crippen LogP contribution in [-0.4, -0.2) is 18.6 Å². The maximum Gasteiger partial charge on any atom is 0.224 e. The molecule has 0 aliphatic carbocycles. The van der Waals surface area contributed by atoms with E-state index in [0.29, 0.717) is 13.0 Å². The van der Waals surface area contributed by atoms with Gasteiger partial charge >= 0.3 is 0 Å². The zero-order chi connectivity index (χ0) is 14.3. The zero-order valence-corrected chi connectivity index (χ0v) is 12.0. The number of amides is 1. The quantitative estimate of drug-likeness (QED) is 0.796. The molecule has 0 aliphatic heterocycles. The first-order chi connectivity index (χ1) is 9.02. The average molecular weight is 264 g/mol. The molecule has 0 saturated heterocycles. The highest BCUT2D eigenvalue weighted by atomic mass is 16.5. The number of ether oxygens (including phenoxy) is 1. The fourth-order valence-electron chi connectivity index (χ4n) is 1.81. The summed E-state index contributed by atoms with van der Waals surface area (Å²) in [5.74, 6) is 0.730. The highest BCUT2D eigenvalue weighted by Crippen LogP contribution is 2.26. The maximum absolute atomic E-state index is 11.8. The molecular weight excluding hydrogens is 240 g/mol. The molecule has 1 atom stereocenters. The highest BCUT2D eigenvalue weighted by molar-refractivity contribution is 5.92. The van der Waals surface area contributed by atoms with E-state index >= 15 is 0 Å². The van der Waals surface area contributed by atoms with Crippen molar-refractivity contribution in [1.29, 1.82) is 0 Å². The Labute approximate surface area is 115 Å². The van der Waals surface area contributed by atoms with Gasteiger partial charge in [0.05, 0.1) is 12.3 Å². The Morgan fingerprint density at radius 2 is 2.21 bits per heavy atom. The van der Waals surface area contributed by atoms with E-state index < -0.39 is 0 Å². The van der Waals surface area contributed by atoms with Crippen molar-refractivity contribution in [3.8, 4) is 5.75 Å². The molecule has 0 bridgehead atoms. The Kier molecular flexibility index (Phi) is 6.36. The van der Waals surface area contributed by atoms with Gasteiger partial charge in [-0.05, 0) is 51.3 Å². The first kappa shape index (κ1) is 15.5. The van der Waals surface area contributed by atoms with E-state index in [4.69, 9.17) is 10.5 Å². The number of aryl methyl sites for hydroxylation is 1. The Hall–Kier alpha value is -1.55. The minimum atomic E-state index is 0.00505. The molecule has 0 aromatic heterocycles. The number of nitrogens with two attached hydrogens (primary N) is 1. The fraction of sp³-hybridized carbons (Fsp3) is 0.533. The minimum absolute atomic E-state index is 0.00505. The molecule has 4 heteroatoms. The molecule has 4 nitrogen and oxygen atoms in total. The molecule has 0 saturated carbocycles. The lowest BCUT2D eigenvalue weighted by Gasteiger charge is -2.12. The van der Waals surface area contributed by atoms with E-state index in [0.717, 1.165) is 29.8 Å². The molecule has 1 unspecified atom stereocenters. The third-order valence-electron chi connectivity index (χ3n) is 2.77. The van der Waals surface area contributed by atoms with Crippen molar-refractivity contribution in [2.45, 2.75) is 46.1 Å². The lowest BCUT2D eigenvalue weighted by molar-refractivity contribution is -0.116. The van der Waals surface area contributed by atoms with Gasteiger partial charge < -0.3 is 15.8 Å². The molecule has 106 valence electrons. The fourth-order valence-corrected chi connectivity index (χ4v) is 1.81. The van der Waals surface area contributed by atoms with Gasteiger partial charge in [-0.2, -0.15) is 0 Å². The van der Waals surface area contributed by atoms with Gasteiger partial charge in [-0.25, -0.2) is 0 Å². The van der Waals surface area contributed by atoms with Crippen molar-refractivity contribution >= 4 is 11.6 Å². The van der Waals surface area contributed by atoms with Gasteiger partial charge in [0.2, 0.25) is 5.91 Å². The summed E-state index contributed by atoms with van der Waals surface area (Å²) in [4.78, 5) is 11.8. The Morgan fingerprint density at radius 3 is 2.84 bits per heavy atom. The second kappa shape index (κ2) is 7.79. The van der Waals surface area contributed by atoms with E-state index in [1.807, 2.05) is 39.0 Å². The summed E-state index contributed by atoms with van der Waals surface area (Å²) in [6.07, 6.45) is 2.15. The molecular formula is C15H24N2O2. The van der Waals surface area contributed by atoms with Crippen LogP contribution in [0.15, 0.2) is 18.2 Å². The predicted octanol–water partition coefficient (Wildman–Crippen LogP) is 2.85. The monoisotopic (exact) mass is 264 g/mol. The van der Waals surface area contributed by atoms with Crippen LogP contribution in [0.25, 0.3) is 0 Å². The van der Waals surface area contributed by atoms with Crippen molar-refractivity contribution in [2.75, 3.05) is 11.9 Å². The van der Waals surface area contributed by atoms with E-state index in [-0.39, 0.29) is 11.9 Å². The molecule has 1 rings (SSSR count). The van der Waals surface area contributed by atoms with Crippen LogP contribution in [0, 0.1) is 6.92 Å². The second-order valence-electron chi connectivity index (χ2n) is 4.85. The highest BCUT2D eigenvalue weighted by Gasteiger charge is 2.08. The lowest BCUT2D eigenvalue weighted by Crippen LogP contribution is -2.17. The molecule has 3 N–H and O–H groups in total. The molecule has 19 heavy (non-hydrogen) atoms. The molecule has 0 aliphatic rings. The summed E-state index contributed by atoms with van der Waals surface area (Å²) in [6.45, 7) is 6.45. The molecule has 1 aromatic carbocycles. The van der Waals surface area contributed by atoms with Gasteiger partial charge in [-0.15, -0.1) is 0 Å². The zero-order valence-electron chi connectivity index (χ0n) is 12.0. The number of rotatable bonds is 7. The van der Waals surface area contributed by atoms with E-state index in [2.05, 4.69) is 5.32 Å². The maximum atomic E-state index is 11.8. The van der Waals surface area contributed by atoms with Gasteiger partial charge in [0, 0.05) is 12.5 Å². The van der Waals surface area contributed by atoms with Gasteiger partial charge in [0.25, 0.3) is 0 Å². The van der Waals surface area contributed by atoms with Crippen molar-refractivity contribution in [1.82, 2.24) is 0 Å². The number of nitrogens with one attached hydrogen (secondary N) is 1. The van der Waals surface area contributed by atoms with E-state index in [1.165, 1.54) is 0 Å². The number of anilines is 1. The van der Waals surface area contributed by atoms with Gasteiger partial charge in [-0.1, -0.05) is 6.07 Å². The SMILES string of the molecule is CCOc1cc(C)ccc1NC(=O)CCCC(C)N. The van der Waals surface area contributed by atoms with Crippen LogP contribution >= 0.6 is 0 Å². The van der Waals surface area contributed by atoms with Crippen LogP contribution in [-0.2, 0) is 4.79 Å². The number of hydrogen-bond acceptors (Lipinski definition) is 3. The van der Waals surface area contributed by atoms with E-state index in [1.54, 1.807) is 0 Å². The number of hydrogen-bond donors (Lipinski definition) is 2. The largest absolute Gasteiger partial charge is 0.492 e. The standard InChI is InChI=1S/C15H24N2O2/c1-4-19-14-10-11(2)8-9-13(14)17-15(18)7-5-6-12(3)16/h8-10,12H,4-7,16H2,1-3H3,(H,17,18). The summed E-state index contributed by atoms with van der Waals surface area (Å²) in [6, 6.07) is 5.91. The van der Waals surface area contributed by atoms with Crippen molar-refractivity contribution in [2.24, 2.45) is 5.73 Å². The predicted molar refractivity (Wildman–Crippen MR) is 78.5 cm³/mol. The summed E-state index contributed by atoms with van der Waals surface area (Å²) in [5.41, 5.74) is 7.50. The first-order valence-corrected chi connectivity index (χ1v) is 6.81. The normalized spacial score (nSPS) is 12.0. The Balaban J connectivity index is 2.58. The molecule has 1 aromatic rings. The van der Waals surface area contributed by atoms with Gasteiger partial charge in [0.1, 0.15) is 5.75 Å². The van der Waals surface area contributed by atoms with Crippen LogP contribution in [0.3, 0.4) is 0 Å². The summed E-state index contributed by atoms with van der Waals surface area (Å²) in [7, 11) is 0. The first-order valence-electron chi connectivity index (χ1n) is 6.81. The summed E-state index contributed by atoms with van der Waals surface area (Å²) in [5, 5.41) is 2.89. The van der Waals surface area contributed by atoms with Crippen molar-refractivity contribution in [3.63, 3.8) is 0 Å². The third kappa shape index (κ3) is 5.75. The second-order valence-corrected chi connectivity index (χ2v) is 4.85. The Bertz CT molecular complexity index is 417. The van der Waals surface area contributed by atoms with Gasteiger partial charge in [0.15, 0.2) is 0 Å². The molecule has 0 fully saturated rings. The minimum Gasteiger partial charge on any atom is -0.492 e. The van der Waals surface area contributed by atoms with Crippen LogP contribution in [0.4, 0.5) is 5.69 Å². The van der Waals surface area contributed by atoms with E-state index in [9.17, 15) is 4.79 Å². The van der Waals surface area contributed by atoms with Crippen molar-refractivity contribution in [3.05, 3.63) is 23.8 Å². The summed E-state index contributed by atoms with van der Waals surface area (Å²) >= 11 is 0.